The Morgan fingerprint density at radius 2 is 1.79 bits per heavy atom. The van der Waals surface area contributed by atoms with Gasteiger partial charge in [0.05, 0.1) is 29.3 Å². The van der Waals surface area contributed by atoms with Gasteiger partial charge in [-0.3, -0.25) is 9.59 Å². The predicted octanol–water partition coefficient (Wildman–Crippen LogP) is 2.89. The lowest BCUT2D eigenvalue weighted by Crippen LogP contribution is -2.30. The van der Waals surface area contributed by atoms with Crippen molar-refractivity contribution in [3.8, 4) is 17.2 Å². The van der Waals surface area contributed by atoms with Gasteiger partial charge in [-0.2, -0.15) is 4.73 Å². The minimum Gasteiger partial charge on any atom is -0.497 e. The lowest BCUT2D eigenvalue weighted by molar-refractivity contribution is 0.0949. The van der Waals surface area contributed by atoms with E-state index in [-0.39, 0.29) is 41.3 Å². The molecule has 2 aromatic carbocycles. The molecule has 0 amide bonds. The van der Waals surface area contributed by atoms with Gasteiger partial charge in [-0.1, -0.05) is 12.1 Å². The molecular weight excluding hydrogens is 362 g/mol. The van der Waals surface area contributed by atoms with Crippen LogP contribution in [0.15, 0.2) is 41.2 Å². The highest BCUT2D eigenvalue weighted by Crippen LogP contribution is 2.38. The standard InChI is InChI=1S/C21H17NO6/c1-26-13-4-2-11(3-5-13)12-6-16-20(17(23)7-12)21(24)14-8-18-19(28-10-27-18)9-15(14)22(16)25/h2-5,8-9,12,25H,6-7,10H2,1H3/t12-/m1/s1. The Bertz CT molecular complexity index is 1180. The van der Waals surface area contributed by atoms with Gasteiger partial charge in [0.1, 0.15) is 5.75 Å². The van der Waals surface area contributed by atoms with E-state index in [0.717, 1.165) is 16.0 Å². The zero-order chi connectivity index (χ0) is 19.4. The summed E-state index contributed by atoms with van der Waals surface area (Å²) >= 11 is 0. The van der Waals surface area contributed by atoms with Crippen molar-refractivity contribution < 1.29 is 24.2 Å². The number of carbonyl (C=O) groups is 1. The number of nitrogens with zero attached hydrogens (tertiary/aromatic N) is 1. The Kier molecular flexibility index (Phi) is 3.58. The van der Waals surface area contributed by atoms with Crippen LogP contribution in [-0.2, 0) is 6.42 Å². The average molecular weight is 379 g/mol. The molecule has 1 aliphatic carbocycles. The maximum atomic E-state index is 13.0. The van der Waals surface area contributed by atoms with E-state index in [2.05, 4.69) is 0 Å². The molecule has 1 atom stereocenters. The van der Waals surface area contributed by atoms with E-state index in [1.807, 2.05) is 24.3 Å². The van der Waals surface area contributed by atoms with Crippen molar-refractivity contribution >= 4 is 16.7 Å². The summed E-state index contributed by atoms with van der Waals surface area (Å²) in [6, 6.07) is 10.6. The van der Waals surface area contributed by atoms with Gasteiger partial charge in [0.2, 0.25) is 12.2 Å². The van der Waals surface area contributed by atoms with Gasteiger partial charge in [0, 0.05) is 12.5 Å². The molecule has 1 aromatic heterocycles. The topological polar surface area (TPSA) is 87.0 Å². The quantitative estimate of drug-likeness (QED) is 0.689. The summed E-state index contributed by atoms with van der Waals surface area (Å²) in [5.41, 5.74) is 1.26. The molecule has 0 saturated carbocycles. The van der Waals surface area contributed by atoms with Gasteiger partial charge < -0.3 is 19.4 Å². The average Bonchev–Trinajstić information content (AvgIpc) is 3.18. The first-order valence-corrected chi connectivity index (χ1v) is 8.94. The van der Waals surface area contributed by atoms with Gasteiger partial charge in [-0.15, -0.1) is 0 Å². The molecule has 0 spiro atoms. The highest BCUT2D eigenvalue weighted by atomic mass is 16.7. The largest absolute Gasteiger partial charge is 0.497 e. The van der Waals surface area contributed by atoms with Gasteiger partial charge >= 0.3 is 0 Å². The predicted molar refractivity (Wildman–Crippen MR) is 99.9 cm³/mol. The minimum absolute atomic E-state index is 0.0543. The Morgan fingerprint density at radius 3 is 2.50 bits per heavy atom. The molecular formula is C21H17NO6. The molecule has 7 heteroatoms. The molecule has 2 heterocycles. The molecule has 0 saturated heterocycles. The number of ether oxygens (including phenoxy) is 3. The number of pyridine rings is 1. The summed E-state index contributed by atoms with van der Waals surface area (Å²) in [4.78, 5) is 25.8. The lowest BCUT2D eigenvalue weighted by Gasteiger charge is -2.25. The van der Waals surface area contributed by atoms with Crippen molar-refractivity contribution in [2.45, 2.75) is 18.8 Å². The van der Waals surface area contributed by atoms with Crippen LogP contribution in [0.2, 0.25) is 0 Å². The maximum absolute atomic E-state index is 13.0. The lowest BCUT2D eigenvalue weighted by atomic mass is 9.81. The van der Waals surface area contributed by atoms with E-state index in [1.165, 1.54) is 6.07 Å². The van der Waals surface area contributed by atoms with E-state index in [1.54, 1.807) is 13.2 Å². The molecule has 0 radical (unpaired) electrons. The molecule has 1 N–H and O–H groups in total. The number of ketones is 1. The minimum atomic E-state index is -0.383. The summed E-state index contributed by atoms with van der Waals surface area (Å²) in [5, 5.41) is 11.1. The molecule has 2 aliphatic rings. The summed E-state index contributed by atoms with van der Waals surface area (Å²) in [6.07, 6.45) is 0.591. The third-order valence-electron chi connectivity index (χ3n) is 5.47. The number of aromatic nitrogens is 1. The molecule has 7 nitrogen and oxygen atoms in total. The Labute approximate surface area is 159 Å². The van der Waals surface area contributed by atoms with Crippen LogP contribution in [0.4, 0.5) is 0 Å². The Balaban J connectivity index is 1.66. The molecule has 1 aliphatic heterocycles. The normalized spacial score (nSPS) is 17.6. The van der Waals surface area contributed by atoms with Gasteiger partial charge in [0.25, 0.3) is 0 Å². The van der Waals surface area contributed by atoms with Gasteiger partial charge in [-0.25, -0.2) is 0 Å². The van der Waals surface area contributed by atoms with Gasteiger partial charge in [0.15, 0.2) is 17.3 Å². The van der Waals surface area contributed by atoms with E-state index in [0.29, 0.717) is 29.1 Å². The fourth-order valence-electron chi connectivity index (χ4n) is 4.02. The second kappa shape index (κ2) is 6.02. The van der Waals surface area contributed by atoms with Crippen molar-refractivity contribution in [2.75, 3.05) is 13.9 Å². The third kappa shape index (κ3) is 2.36. The number of rotatable bonds is 2. The number of Topliss-reactive ketones (excluding diaryl/α,β-unsaturated/α-hetero) is 1. The SMILES string of the molecule is COc1ccc([C@H]2CC(=O)c3c(n(O)c4cc5c(cc4c3=O)OCO5)C2)cc1. The third-order valence-corrected chi connectivity index (χ3v) is 5.47. The van der Waals surface area contributed by atoms with Crippen molar-refractivity contribution in [3.05, 3.63) is 63.4 Å². The Morgan fingerprint density at radius 1 is 1.07 bits per heavy atom. The van der Waals surface area contributed by atoms with Crippen molar-refractivity contribution in [1.29, 1.82) is 0 Å². The molecule has 28 heavy (non-hydrogen) atoms. The number of fused-ring (bicyclic) bond motifs is 3. The molecule has 0 bridgehead atoms. The summed E-state index contributed by atoms with van der Waals surface area (Å²) in [7, 11) is 1.59. The Hall–Kier alpha value is -3.48. The second-order valence-corrected chi connectivity index (χ2v) is 6.99. The fraction of sp³-hybridized carbons (Fsp3) is 0.238. The van der Waals surface area contributed by atoms with Crippen LogP contribution >= 0.6 is 0 Å². The fourth-order valence-corrected chi connectivity index (χ4v) is 4.02. The number of hydrogen-bond acceptors (Lipinski definition) is 6. The highest BCUT2D eigenvalue weighted by molar-refractivity contribution is 6.02. The monoisotopic (exact) mass is 379 g/mol. The number of methoxy groups -OCH3 is 1. The van der Waals surface area contributed by atoms with Crippen molar-refractivity contribution in [2.24, 2.45) is 0 Å². The van der Waals surface area contributed by atoms with Crippen molar-refractivity contribution in [3.63, 3.8) is 0 Å². The zero-order valence-corrected chi connectivity index (χ0v) is 15.1. The zero-order valence-electron chi connectivity index (χ0n) is 15.1. The van der Waals surface area contributed by atoms with E-state index < -0.39 is 0 Å². The van der Waals surface area contributed by atoms with E-state index >= 15 is 0 Å². The van der Waals surface area contributed by atoms with Crippen LogP contribution in [-0.4, -0.2) is 29.6 Å². The summed E-state index contributed by atoms with van der Waals surface area (Å²) in [5.74, 6) is 1.23. The van der Waals surface area contributed by atoms with Crippen LogP contribution in [0.25, 0.3) is 10.9 Å². The summed E-state index contributed by atoms with van der Waals surface area (Å²) < 4.78 is 16.8. The van der Waals surface area contributed by atoms with Gasteiger partial charge in [-0.05, 0) is 36.1 Å². The smallest absolute Gasteiger partial charge is 0.231 e. The number of hydrogen-bond donors (Lipinski definition) is 1. The van der Waals surface area contributed by atoms with E-state index in [4.69, 9.17) is 14.2 Å². The maximum Gasteiger partial charge on any atom is 0.231 e. The second-order valence-electron chi connectivity index (χ2n) is 6.99. The van der Waals surface area contributed by atoms with Crippen LogP contribution in [0.1, 0.15) is 34.0 Å². The number of carbonyl (C=O) groups excluding carboxylic acids is 1. The molecule has 142 valence electrons. The first-order valence-electron chi connectivity index (χ1n) is 8.94. The number of benzene rings is 2. The molecule has 0 unspecified atom stereocenters. The summed E-state index contributed by atoms with van der Waals surface area (Å²) in [6.45, 7) is 0.0590. The first-order chi connectivity index (χ1) is 13.6. The van der Waals surface area contributed by atoms with Crippen LogP contribution in [0.3, 0.4) is 0 Å². The van der Waals surface area contributed by atoms with Crippen LogP contribution in [0, 0.1) is 0 Å². The molecule has 0 fully saturated rings. The van der Waals surface area contributed by atoms with Crippen molar-refractivity contribution in [1.82, 2.24) is 4.73 Å². The first kappa shape index (κ1) is 16.7. The van der Waals surface area contributed by atoms with Crippen LogP contribution in [0.5, 0.6) is 17.2 Å². The molecule has 3 aromatic rings. The van der Waals surface area contributed by atoms with Crippen LogP contribution < -0.4 is 19.6 Å². The molecule has 5 rings (SSSR count). The highest BCUT2D eigenvalue weighted by Gasteiger charge is 2.33. The van der Waals surface area contributed by atoms with E-state index in [9.17, 15) is 14.8 Å².